The molecule has 2 N–H and O–H groups in total. The molecule has 3 aliphatic carbocycles. The second-order valence-corrected chi connectivity index (χ2v) is 13.0. The van der Waals surface area contributed by atoms with Gasteiger partial charge in [0, 0.05) is 42.6 Å². The summed E-state index contributed by atoms with van der Waals surface area (Å²) in [5, 5.41) is 23.4. The van der Waals surface area contributed by atoms with Crippen molar-refractivity contribution in [2.75, 3.05) is 0 Å². The van der Waals surface area contributed by atoms with Crippen LogP contribution < -0.4 is 10.4 Å². The summed E-state index contributed by atoms with van der Waals surface area (Å²) in [5.41, 5.74) is -1.70. The molecule has 0 unspecified atom stereocenters. The van der Waals surface area contributed by atoms with Gasteiger partial charge in [-0.05, 0) is 50.4 Å². The molecule has 1 aromatic rings. The number of aryl methyl sites for hydroxylation is 1. The third kappa shape index (κ3) is 3.29. The minimum Gasteiger partial charge on any atom is -0.486 e. The highest BCUT2D eigenvalue weighted by atomic mass is 16.5. The van der Waals surface area contributed by atoms with Gasteiger partial charge in [-0.15, -0.1) is 0 Å². The maximum Gasteiger partial charge on any atom is 0.342 e. The molecule has 0 aromatic carbocycles. The summed E-state index contributed by atoms with van der Waals surface area (Å²) in [7, 11) is 0. The van der Waals surface area contributed by atoms with Gasteiger partial charge in [-0.1, -0.05) is 27.7 Å². The van der Waals surface area contributed by atoms with Crippen LogP contribution in [0.3, 0.4) is 0 Å². The summed E-state index contributed by atoms with van der Waals surface area (Å²) in [5.74, 6) is 0.599. The molecule has 7 nitrogen and oxygen atoms in total. The second-order valence-electron chi connectivity index (χ2n) is 13.0. The van der Waals surface area contributed by atoms with Crippen LogP contribution in [-0.4, -0.2) is 40.1 Å². The van der Waals surface area contributed by atoms with Crippen LogP contribution >= 0.6 is 0 Å². The number of rotatable bonds is 1. The van der Waals surface area contributed by atoms with Crippen molar-refractivity contribution in [3.8, 4) is 5.75 Å². The molecule has 7 heteroatoms. The molecule has 0 bridgehead atoms. The Kier molecular flexibility index (Phi) is 5.37. The minimum absolute atomic E-state index is 0.0132. The van der Waals surface area contributed by atoms with Gasteiger partial charge in [-0.2, -0.15) is 0 Å². The Hall–Kier alpha value is -1.86. The molecule has 5 rings (SSSR count). The monoisotopic (exact) mass is 488 g/mol. The van der Waals surface area contributed by atoms with E-state index in [1.54, 1.807) is 13.0 Å². The molecular formula is C28H40O7. The highest BCUT2D eigenvalue weighted by Gasteiger charge is 2.71. The van der Waals surface area contributed by atoms with Crippen LogP contribution in [0.4, 0.5) is 0 Å². The maximum atomic E-state index is 12.8. The first-order valence-electron chi connectivity index (χ1n) is 13.0. The maximum absolute atomic E-state index is 12.8. The number of carbonyl (C=O) groups excluding carboxylic acids is 1. The average Bonchev–Trinajstić information content (AvgIpc) is 2.69. The zero-order valence-corrected chi connectivity index (χ0v) is 22.0. The number of esters is 1. The largest absolute Gasteiger partial charge is 0.486 e. The number of aliphatic hydroxyl groups is 2. The van der Waals surface area contributed by atoms with Crippen molar-refractivity contribution in [3.63, 3.8) is 0 Å². The molecule has 2 heterocycles. The zero-order chi connectivity index (χ0) is 25.7. The molecule has 35 heavy (non-hydrogen) atoms. The van der Waals surface area contributed by atoms with Crippen LogP contribution in [0, 0.1) is 40.9 Å². The third-order valence-electron chi connectivity index (χ3n) is 10.7. The summed E-state index contributed by atoms with van der Waals surface area (Å²) in [6.45, 7) is 13.8. The van der Waals surface area contributed by atoms with Crippen LogP contribution in [0.5, 0.6) is 5.75 Å². The van der Waals surface area contributed by atoms with Gasteiger partial charge in [0.25, 0.3) is 0 Å². The molecule has 3 saturated carbocycles. The van der Waals surface area contributed by atoms with Gasteiger partial charge in [0.15, 0.2) is 0 Å². The molecule has 3 fully saturated rings. The summed E-state index contributed by atoms with van der Waals surface area (Å²) in [6.07, 6.45) is 1.20. The Morgan fingerprint density at radius 3 is 2.49 bits per heavy atom. The normalized spacial score (nSPS) is 45.7. The lowest BCUT2D eigenvalue weighted by molar-refractivity contribution is -0.284. The lowest BCUT2D eigenvalue weighted by Gasteiger charge is -2.70. The van der Waals surface area contributed by atoms with Crippen LogP contribution in [0.2, 0.25) is 0 Å². The molecule has 0 radical (unpaired) electrons. The number of carbonyl (C=O) groups is 1. The molecule has 194 valence electrons. The summed E-state index contributed by atoms with van der Waals surface area (Å²) in [6, 6.07) is 1.78. The lowest BCUT2D eigenvalue weighted by atomic mass is 9.36. The number of hydrogen-bond acceptors (Lipinski definition) is 7. The quantitative estimate of drug-likeness (QED) is 0.580. The third-order valence-corrected chi connectivity index (χ3v) is 10.7. The summed E-state index contributed by atoms with van der Waals surface area (Å²) in [4.78, 5) is 24.6. The number of aliphatic hydroxyl groups excluding tert-OH is 2. The number of hydrogen-bond donors (Lipinski definition) is 2. The fourth-order valence-electron chi connectivity index (χ4n) is 9.37. The Morgan fingerprint density at radius 1 is 1.14 bits per heavy atom. The summed E-state index contributed by atoms with van der Waals surface area (Å²) >= 11 is 0. The Balaban J connectivity index is 1.59. The van der Waals surface area contributed by atoms with E-state index in [4.69, 9.17) is 13.9 Å². The van der Waals surface area contributed by atoms with E-state index in [1.165, 1.54) is 6.92 Å². The van der Waals surface area contributed by atoms with E-state index in [9.17, 15) is 19.8 Å². The highest BCUT2D eigenvalue weighted by Crippen LogP contribution is 2.70. The Bertz CT molecular complexity index is 1110. The van der Waals surface area contributed by atoms with Gasteiger partial charge in [0.05, 0.1) is 17.8 Å². The van der Waals surface area contributed by atoms with Crippen LogP contribution in [0.25, 0.3) is 0 Å². The molecule has 9 atom stereocenters. The minimum atomic E-state index is -0.724. The molecule has 4 aliphatic rings. The van der Waals surface area contributed by atoms with Gasteiger partial charge in [-0.3, -0.25) is 4.79 Å². The summed E-state index contributed by atoms with van der Waals surface area (Å²) < 4.78 is 17.6. The van der Waals surface area contributed by atoms with E-state index in [0.29, 0.717) is 36.3 Å². The number of ether oxygens (including phenoxy) is 2. The van der Waals surface area contributed by atoms with Crippen molar-refractivity contribution in [1.82, 2.24) is 0 Å². The van der Waals surface area contributed by atoms with Gasteiger partial charge in [-0.25, -0.2) is 4.79 Å². The van der Waals surface area contributed by atoms with Crippen LogP contribution in [-0.2, 0) is 16.0 Å². The van der Waals surface area contributed by atoms with E-state index in [-0.39, 0.29) is 46.3 Å². The van der Waals surface area contributed by atoms with Crippen molar-refractivity contribution in [1.29, 1.82) is 0 Å². The van der Waals surface area contributed by atoms with E-state index < -0.39 is 23.2 Å². The van der Waals surface area contributed by atoms with E-state index >= 15 is 0 Å². The Morgan fingerprint density at radius 2 is 1.83 bits per heavy atom. The SMILES string of the molecule is CC(=O)O[C@H]1C[C@@H](O)[C@@]2(C)[C@@H](CC[C@]3(C)[C@@H]2[C@@H](O)C[C@]2(C)Oc4cc(C)oc(=O)c4C[C@@H]32)C1(C)C. The van der Waals surface area contributed by atoms with Crippen molar-refractivity contribution in [3.05, 3.63) is 27.8 Å². The first kappa shape index (κ1) is 24.8. The Labute approximate surface area is 207 Å². The molecule has 0 spiro atoms. The van der Waals surface area contributed by atoms with E-state index in [1.807, 2.05) is 0 Å². The molecular weight excluding hydrogens is 448 g/mol. The second kappa shape index (κ2) is 7.58. The molecule has 0 saturated heterocycles. The predicted octanol–water partition coefficient (Wildman–Crippen LogP) is 3.78. The molecule has 1 aliphatic heterocycles. The van der Waals surface area contributed by atoms with Crippen LogP contribution in [0.1, 0.15) is 78.5 Å². The first-order valence-corrected chi connectivity index (χ1v) is 13.0. The van der Waals surface area contributed by atoms with Crippen molar-refractivity contribution in [2.24, 2.45) is 34.0 Å². The highest BCUT2D eigenvalue weighted by molar-refractivity contribution is 5.66. The topological polar surface area (TPSA) is 106 Å². The van der Waals surface area contributed by atoms with E-state index in [0.717, 1.165) is 12.8 Å². The van der Waals surface area contributed by atoms with Crippen molar-refractivity contribution in [2.45, 2.75) is 104 Å². The van der Waals surface area contributed by atoms with E-state index in [2.05, 4.69) is 34.6 Å². The van der Waals surface area contributed by atoms with Crippen LogP contribution in [0.15, 0.2) is 15.3 Å². The first-order chi connectivity index (χ1) is 16.1. The standard InChI is InChI=1S/C28H40O7/c1-14-10-18-16(24(32)33-14)11-20-26(5)9-8-19-25(3,4)22(34-15(2)29)12-21(31)28(19,7)23(26)17(30)13-27(20,6)35-18/h10,17,19-23,30-31H,8-9,11-13H2,1-7H3/t17-,19-,20-,21+,22-,23-,26-,27-,28+/m0/s1. The zero-order valence-electron chi connectivity index (χ0n) is 22.0. The molecule has 0 amide bonds. The number of fused-ring (bicyclic) bond motifs is 6. The average molecular weight is 489 g/mol. The fraction of sp³-hybridized carbons (Fsp3) is 0.786. The predicted molar refractivity (Wildman–Crippen MR) is 129 cm³/mol. The smallest absolute Gasteiger partial charge is 0.342 e. The van der Waals surface area contributed by atoms with Gasteiger partial charge in [0.2, 0.25) is 0 Å². The fourth-order valence-corrected chi connectivity index (χ4v) is 9.37. The van der Waals surface area contributed by atoms with Crippen molar-refractivity contribution < 1.29 is 28.9 Å². The van der Waals surface area contributed by atoms with Gasteiger partial charge < -0.3 is 24.1 Å². The lowest BCUT2D eigenvalue weighted by Crippen LogP contribution is -2.72. The van der Waals surface area contributed by atoms with Gasteiger partial charge in [0.1, 0.15) is 23.2 Å². The van der Waals surface area contributed by atoms with Gasteiger partial charge >= 0.3 is 11.6 Å². The molecule has 1 aromatic heterocycles. The van der Waals surface area contributed by atoms with Crippen molar-refractivity contribution >= 4 is 5.97 Å².